The summed E-state index contributed by atoms with van der Waals surface area (Å²) in [4.78, 5) is 37.1. The van der Waals surface area contributed by atoms with Gasteiger partial charge in [-0.2, -0.15) is 5.48 Å². The summed E-state index contributed by atoms with van der Waals surface area (Å²) in [6, 6.07) is 21.5. The zero-order chi connectivity index (χ0) is 24.5. The number of carbonyl (C=O) groups excluding carboxylic acids is 2. The van der Waals surface area contributed by atoms with Crippen LogP contribution in [0.25, 0.3) is 10.8 Å². The number of amides is 3. The lowest BCUT2D eigenvalue weighted by Gasteiger charge is -2.34. The molecule has 182 valence electrons. The molecule has 0 bridgehead atoms. The first kappa shape index (κ1) is 24.0. The standard InChI is InChI=1S/C26H29N5O4/c1-34-24-12-5-3-8-22(24)18-30-13-15-31(16-14-30)25(32)29-35-26(33)28-19-27-17-21-10-6-9-20-7-2-4-11-23(20)21/h2-12,19H,13-18H2,1H3,(H,29,32)(H,27,28,33). The maximum absolute atomic E-state index is 12.3. The molecule has 0 spiro atoms. The van der Waals surface area contributed by atoms with Gasteiger partial charge in [0.2, 0.25) is 0 Å². The van der Waals surface area contributed by atoms with E-state index in [9.17, 15) is 9.59 Å². The summed E-state index contributed by atoms with van der Waals surface area (Å²) >= 11 is 0. The van der Waals surface area contributed by atoms with Gasteiger partial charge in [-0.25, -0.2) is 9.59 Å². The van der Waals surface area contributed by atoms with Gasteiger partial charge in [0.25, 0.3) is 0 Å². The fourth-order valence-corrected chi connectivity index (χ4v) is 4.04. The predicted octanol–water partition coefficient (Wildman–Crippen LogP) is 3.55. The summed E-state index contributed by atoms with van der Waals surface area (Å²) in [5.41, 5.74) is 4.35. The maximum atomic E-state index is 12.3. The number of hydrogen-bond acceptors (Lipinski definition) is 6. The lowest BCUT2D eigenvalue weighted by Crippen LogP contribution is -2.52. The lowest BCUT2D eigenvalue weighted by atomic mass is 10.1. The quantitative estimate of drug-likeness (QED) is 0.323. The van der Waals surface area contributed by atoms with Crippen LogP contribution in [0.3, 0.4) is 0 Å². The Balaban J connectivity index is 1.16. The number of ether oxygens (including phenoxy) is 1. The highest BCUT2D eigenvalue weighted by atomic mass is 16.7. The molecule has 1 aliphatic rings. The van der Waals surface area contributed by atoms with Gasteiger partial charge in [-0.3, -0.25) is 15.2 Å². The van der Waals surface area contributed by atoms with Gasteiger partial charge >= 0.3 is 12.1 Å². The molecule has 4 rings (SSSR count). The van der Waals surface area contributed by atoms with Crippen molar-refractivity contribution in [1.82, 2.24) is 20.6 Å². The van der Waals surface area contributed by atoms with Crippen molar-refractivity contribution in [2.45, 2.75) is 13.1 Å². The van der Waals surface area contributed by atoms with E-state index in [2.05, 4.69) is 20.7 Å². The number of rotatable bonds is 6. The van der Waals surface area contributed by atoms with Crippen LogP contribution < -0.4 is 15.5 Å². The number of hydrogen-bond donors (Lipinski definition) is 2. The number of urea groups is 1. The zero-order valence-corrected chi connectivity index (χ0v) is 19.6. The van der Waals surface area contributed by atoms with Crippen LogP contribution in [0.5, 0.6) is 5.75 Å². The number of nitrogens with zero attached hydrogens (tertiary/aromatic N) is 3. The van der Waals surface area contributed by atoms with Crippen molar-refractivity contribution in [2.75, 3.05) is 33.3 Å². The molecule has 1 aliphatic heterocycles. The van der Waals surface area contributed by atoms with E-state index in [0.717, 1.165) is 34.2 Å². The molecule has 35 heavy (non-hydrogen) atoms. The van der Waals surface area contributed by atoms with Crippen LogP contribution in [0.4, 0.5) is 9.59 Å². The summed E-state index contributed by atoms with van der Waals surface area (Å²) in [6.07, 6.45) is 0.460. The first-order valence-electron chi connectivity index (χ1n) is 11.5. The summed E-state index contributed by atoms with van der Waals surface area (Å²) < 4.78 is 5.41. The Kier molecular flexibility index (Phi) is 8.13. The summed E-state index contributed by atoms with van der Waals surface area (Å²) in [5, 5.41) is 4.65. The van der Waals surface area contributed by atoms with Crippen molar-refractivity contribution >= 4 is 29.2 Å². The Labute approximate surface area is 204 Å². The van der Waals surface area contributed by atoms with Gasteiger partial charge in [0.1, 0.15) is 5.75 Å². The lowest BCUT2D eigenvalue weighted by molar-refractivity contribution is 0.0763. The number of nitrogens with one attached hydrogen (secondary N) is 2. The van der Waals surface area contributed by atoms with Crippen molar-refractivity contribution in [3.63, 3.8) is 0 Å². The van der Waals surface area contributed by atoms with E-state index < -0.39 is 12.1 Å². The van der Waals surface area contributed by atoms with Crippen LogP contribution in [-0.4, -0.2) is 61.6 Å². The molecule has 9 heteroatoms. The fraction of sp³-hybridized carbons (Fsp3) is 0.269. The molecule has 3 amide bonds. The first-order chi connectivity index (χ1) is 17.1. The monoisotopic (exact) mass is 475 g/mol. The third-order valence-corrected chi connectivity index (χ3v) is 5.89. The van der Waals surface area contributed by atoms with Crippen molar-refractivity contribution in [1.29, 1.82) is 0 Å². The SMILES string of the molecule is COc1ccccc1CN1CCN(C(=O)NOC(=O)NC=NCc2cccc3ccccc23)CC1. The average Bonchev–Trinajstić information content (AvgIpc) is 2.90. The molecule has 0 atom stereocenters. The minimum Gasteiger partial charge on any atom is -0.496 e. The van der Waals surface area contributed by atoms with E-state index in [0.29, 0.717) is 32.7 Å². The van der Waals surface area contributed by atoms with Gasteiger partial charge in [-0.1, -0.05) is 60.7 Å². The highest BCUT2D eigenvalue weighted by Crippen LogP contribution is 2.20. The fourth-order valence-electron chi connectivity index (χ4n) is 4.04. The van der Waals surface area contributed by atoms with Gasteiger partial charge in [-0.15, -0.1) is 0 Å². The van der Waals surface area contributed by atoms with Crippen molar-refractivity contribution < 1.29 is 19.2 Å². The number of para-hydroxylation sites is 1. The zero-order valence-electron chi connectivity index (χ0n) is 19.6. The van der Waals surface area contributed by atoms with Crippen LogP contribution in [0, 0.1) is 0 Å². The molecule has 1 fully saturated rings. The summed E-state index contributed by atoms with van der Waals surface area (Å²) in [7, 11) is 1.66. The Morgan fingerprint density at radius 1 is 0.943 bits per heavy atom. The number of carbonyl (C=O) groups is 2. The minimum atomic E-state index is -0.810. The van der Waals surface area contributed by atoms with Gasteiger partial charge in [0.15, 0.2) is 0 Å². The maximum Gasteiger partial charge on any atom is 0.436 e. The highest BCUT2D eigenvalue weighted by Gasteiger charge is 2.22. The molecular weight excluding hydrogens is 446 g/mol. The van der Waals surface area contributed by atoms with Gasteiger partial charge in [0, 0.05) is 38.3 Å². The number of aliphatic imine (C=N–C) groups is 1. The van der Waals surface area contributed by atoms with Crippen LogP contribution in [-0.2, 0) is 17.9 Å². The van der Waals surface area contributed by atoms with Crippen LogP contribution in [0.2, 0.25) is 0 Å². The third kappa shape index (κ3) is 6.48. The summed E-state index contributed by atoms with van der Waals surface area (Å²) in [5.74, 6) is 0.854. The average molecular weight is 476 g/mol. The molecule has 9 nitrogen and oxygen atoms in total. The normalized spacial score (nSPS) is 14.1. The Morgan fingerprint density at radius 2 is 1.66 bits per heavy atom. The van der Waals surface area contributed by atoms with Crippen molar-refractivity contribution in [3.05, 3.63) is 77.9 Å². The van der Waals surface area contributed by atoms with Crippen LogP contribution in [0.1, 0.15) is 11.1 Å². The Morgan fingerprint density at radius 3 is 2.49 bits per heavy atom. The number of hydroxylamine groups is 1. The molecule has 0 unspecified atom stereocenters. The molecule has 0 aliphatic carbocycles. The molecule has 0 radical (unpaired) electrons. The third-order valence-electron chi connectivity index (χ3n) is 5.89. The molecule has 1 saturated heterocycles. The van der Waals surface area contributed by atoms with E-state index in [1.165, 1.54) is 6.34 Å². The largest absolute Gasteiger partial charge is 0.496 e. The molecule has 3 aromatic rings. The molecular formula is C26H29N5O4. The Bertz CT molecular complexity index is 1190. The van der Waals surface area contributed by atoms with E-state index in [1.54, 1.807) is 12.0 Å². The minimum absolute atomic E-state index is 0.410. The van der Waals surface area contributed by atoms with E-state index >= 15 is 0 Å². The van der Waals surface area contributed by atoms with E-state index in [-0.39, 0.29) is 0 Å². The van der Waals surface area contributed by atoms with E-state index in [1.807, 2.05) is 66.7 Å². The van der Waals surface area contributed by atoms with E-state index in [4.69, 9.17) is 9.57 Å². The number of fused-ring (bicyclic) bond motifs is 1. The molecule has 1 heterocycles. The van der Waals surface area contributed by atoms with Gasteiger partial charge in [-0.05, 0) is 22.4 Å². The number of methoxy groups -OCH3 is 1. The van der Waals surface area contributed by atoms with Crippen LogP contribution in [0.15, 0.2) is 71.7 Å². The van der Waals surface area contributed by atoms with Crippen molar-refractivity contribution in [3.8, 4) is 5.75 Å². The van der Waals surface area contributed by atoms with Gasteiger partial charge < -0.3 is 14.5 Å². The number of benzene rings is 3. The first-order valence-corrected chi connectivity index (χ1v) is 11.5. The second kappa shape index (κ2) is 11.8. The molecule has 2 N–H and O–H groups in total. The number of piperazine rings is 1. The van der Waals surface area contributed by atoms with Gasteiger partial charge in [0.05, 0.1) is 20.0 Å². The summed E-state index contributed by atoms with van der Waals surface area (Å²) in [6.45, 7) is 3.62. The molecule has 0 saturated carbocycles. The predicted molar refractivity (Wildman–Crippen MR) is 134 cm³/mol. The topological polar surface area (TPSA) is 95.5 Å². The van der Waals surface area contributed by atoms with Crippen LogP contribution >= 0.6 is 0 Å². The molecule has 0 aromatic heterocycles. The smallest absolute Gasteiger partial charge is 0.436 e. The second-order valence-electron chi connectivity index (χ2n) is 8.12. The Hall–Kier alpha value is -4.11. The van der Waals surface area contributed by atoms with Crippen molar-refractivity contribution in [2.24, 2.45) is 4.99 Å². The second-order valence-corrected chi connectivity index (χ2v) is 8.12. The highest BCUT2D eigenvalue weighted by molar-refractivity contribution is 5.86. The molecule has 3 aromatic carbocycles.